The monoisotopic (exact) mass is 1500 g/mol. The molecule has 234 valence electrons. The predicted octanol–water partition coefficient (Wildman–Crippen LogP) is 0.419. The standard InChI is InChI=1S/6C4H9.2AsH3O4.O.3Pb.2Sn/c6*1-3-4-2;2*2-1(3,4)5;;;;;;/h6*1,3-4H2,2H3;2*(H3,2,3,4,5);;;;;;/q;;;;;;;;;3*+2;;/p-6. The molecule has 0 aliphatic carbocycles. The second-order valence-electron chi connectivity index (χ2n) is 9.98. The van der Waals surface area contributed by atoms with Crippen molar-refractivity contribution in [2.24, 2.45) is 0 Å². The largest absolute Gasteiger partial charge is 2.00 e. The summed E-state index contributed by atoms with van der Waals surface area (Å²) in [7, 11) is 0. The molecule has 0 saturated carbocycles. The molecule has 0 atom stereocenters. The molecule has 16 heteroatoms. The van der Waals surface area contributed by atoms with Crippen molar-refractivity contribution in [2.75, 3.05) is 0 Å². The third-order valence-corrected chi connectivity index (χ3v) is 47.1. The quantitative estimate of drug-likeness (QED) is 0.156. The number of rotatable bonds is 20. The Labute approximate surface area is 322 Å². The molecule has 0 fully saturated rings. The van der Waals surface area contributed by atoms with Crippen LogP contribution in [0.3, 0.4) is 0 Å². The molecule has 0 rings (SSSR count). The maximum atomic E-state index is 8.61. The maximum Gasteiger partial charge on any atom is 2.00 e. The summed E-state index contributed by atoms with van der Waals surface area (Å²) < 4.78 is 85.9. The van der Waals surface area contributed by atoms with Crippen molar-refractivity contribution in [1.29, 1.82) is 0 Å². The van der Waals surface area contributed by atoms with Crippen LogP contribution in [0.25, 0.3) is 0 Å². The van der Waals surface area contributed by atoms with Crippen LogP contribution in [-0.2, 0) is 8.89 Å². The van der Waals surface area contributed by atoms with E-state index in [-0.39, 0.29) is 81.9 Å². The smallest absolute Gasteiger partial charge is 2.00 e. The van der Waals surface area contributed by atoms with Gasteiger partial charge in [0.15, 0.2) is 0 Å². The summed E-state index contributed by atoms with van der Waals surface area (Å²) in [5.41, 5.74) is 0. The maximum absolute atomic E-state index is 8.61. The van der Waals surface area contributed by atoms with Crippen LogP contribution >= 0.6 is 0 Å². The van der Waals surface area contributed by atoms with Crippen molar-refractivity contribution >= 4 is 149 Å². The summed E-state index contributed by atoms with van der Waals surface area (Å²) in [6.07, 6.45) is 16.8. The first kappa shape index (κ1) is 57.1. The molecule has 6 radical (unpaired) electrons. The molecule has 0 aromatic rings. The van der Waals surface area contributed by atoms with E-state index in [0.717, 1.165) is 0 Å². The molecule has 9 nitrogen and oxygen atoms in total. The molecule has 0 saturated heterocycles. The van der Waals surface area contributed by atoms with Gasteiger partial charge >= 0.3 is 327 Å². The fraction of sp³-hybridized carbons (Fsp3) is 1.00. The van der Waals surface area contributed by atoms with Gasteiger partial charge in [-0.3, -0.25) is 0 Å². The summed E-state index contributed by atoms with van der Waals surface area (Å²) in [5, 5.41) is 0. The predicted molar refractivity (Wildman–Crippen MR) is 161 cm³/mol. The van der Waals surface area contributed by atoms with Gasteiger partial charge in [0.2, 0.25) is 0 Å². The van der Waals surface area contributed by atoms with Gasteiger partial charge in [0, 0.05) is 0 Å². The molecule has 0 unspecified atom stereocenters. The van der Waals surface area contributed by atoms with Gasteiger partial charge in [-0.1, -0.05) is 0 Å². The summed E-state index contributed by atoms with van der Waals surface area (Å²) in [6, 6.07) is 0. The Kier molecular flexibility index (Phi) is 50.1. The second-order valence-corrected chi connectivity index (χ2v) is 40.3. The molecule has 0 spiro atoms. The first-order valence-corrected chi connectivity index (χ1v) is 34.8. The van der Waals surface area contributed by atoms with Gasteiger partial charge in [-0.15, -0.1) is 0 Å². The summed E-state index contributed by atoms with van der Waals surface area (Å²) in [6.45, 7) is 14.3. The minimum Gasteiger partial charge on any atom is 2.00 e. The van der Waals surface area contributed by atoms with E-state index in [1.54, 1.807) is 0 Å². The Morgan fingerprint density at radius 1 is 0.425 bits per heavy atom. The average Bonchev–Trinajstić information content (AvgIpc) is 2.78. The average molecular weight is 1500 g/mol. The van der Waals surface area contributed by atoms with Crippen molar-refractivity contribution in [3.63, 3.8) is 0 Å². The molecular formula is C24H54As2O9Pb3Sn2. The minimum atomic E-state index is -5.88. The molecule has 0 aromatic carbocycles. The van der Waals surface area contributed by atoms with E-state index in [1.807, 2.05) is 0 Å². The van der Waals surface area contributed by atoms with Gasteiger partial charge in [0.05, 0.1) is 0 Å². The van der Waals surface area contributed by atoms with E-state index >= 15 is 0 Å². The van der Waals surface area contributed by atoms with Crippen molar-refractivity contribution in [3.05, 3.63) is 0 Å². The number of unbranched alkanes of at least 4 members (excludes halogenated alkanes) is 6. The Hall–Kier alpha value is 4.80. The molecule has 0 N–H and O–H groups in total. The molecule has 0 bridgehead atoms. The van der Waals surface area contributed by atoms with Gasteiger partial charge < -0.3 is 0 Å². The van der Waals surface area contributed by atoms with Crippen molar-refractivity contribution in [3.8, 4) is 0 Å². The molecule has 0 aliphatic rings. The Morgan fingerprint density at radius 2 is 0.550 bits per heavy atom. The number of hydrogen-bond acceptors (Lipinski definition) is 9. The molecule has 40 heavy (non-hydrogen) atoms. The summed E-state index contributed by atoms with van der Waals surface area (Å²) >= 11 is -16.7. The van der Waals surface area contributed by atoms with Crippen LogP contribution < -0.4 is 24.6 Å². The number of hydrogen-bond donors (Lipinski definition) is 0. The summed E-state index contributed by atoms with van der Waals surface area (Å²) in [4.78, 5) is 0. The van der Waals surface area contributed by atoms with E-state index in [9.17, 15) is 0 Å². The van der Waals surface area contributed by atoms with Gasteiger partial charge in [-0.05, 0) is 0 Å². The SMILES string of the molecule is CCC[CH2][Sn]([CH2]CCC)([CH2]CCC)[O][Sn]([CH2]CCC)([CH2]CCC)[CH2]CCC.O=[As]([O-])([O-])[O-].O=[As]([O-])([O-])[O-].[Pb+2].[Pb+2].[Pb+2]. The van der Waals surface area contributed by atoms with Crippen LogP contribution in [0.5, 0.6) is 0 Å². The van der Waals surface area contributed by atoms with Gasteiger partial charge in [0.25, 0.3) is 0 Å². The van der Waals surface area contributed by atoms with Crippen molar-refractivity contribution in [1.82, 2.24) is 0 Å². The molecular weight excluding hydrogens is 1440 g/mol. The van der Waals surface area contributed by atoms with E-state index < -0.39 is 66.6 Å². The zero-order chi connectivity index (χ0) is 29.4. The Balaban J connectivity index is -0.000000189. The minimum absolute atomic E-state index is 0. The van der Waals surface area contributed by atoms with Gasteiger partial charge in [-0.25, -0.2) is 0 Å². The van der Waals surface area contributed by atoms with E-state index in [0.29, 0.717) is 0 Å². The fourth-order valence-corrected chi connectivity index (χ4v) is 59.6. The Bertz CT molecular complexity index is 506. The van der Waals surface area contributed by atoms with Crippen LogP contribution in [-0.4, -0.2) is 149 Å². The molecule has 0 aromatic heterocycles. The molecule has 0 heterocycles. The van der Waals surface area contributed by atoms with Gasteiger partial charge in [-0.2, -0.15) is 0 Å². The topological polar surface area (TPSA) is 182 Å². The fourth-order valence-electron chi connectivity index (χ4n) is 4.51. The second kappa shape index (κ2) is 35.1. The van der Waals surface area contributed by atoms with Crippen LogP contribution in [0.15, 0.2) is 0 Å². The van der Waals surface area contributed by atoms with Crippen molar-refractivity contribution < 1.29 is 33.5 Å². The van der Waals surface area contributed by atoms with Crippen molar-refractivity contribution in [2.45, 2.75) is 145 Å². The zero-order valence-corrected chi connectivity index (χ0v) is 46.9. The molecule has 0 amide bonds. The van der Waals surface area contributed by atoms with E-state index in [4.69, 9.17) is 33.5 Å². The third-order valence-electron chi connectivity index (χ3n) is 6.35. The first-order valence-electron chi connectivity index (χ1n) is 14.2. The van der Waals surface area contributed by atoms with Gasteiger partial charge in [0.1, 0.15) is 0 Å². The zero-order valence-electron chi connectivity index (χ0n) is 25.8. The summed E-state index contributed by atoms with van der Waals surface area (Å²) in [5.74, 6) is 0. The van der Waals surface area contributed by atoms with Crippen LogP contribution in [0, 0.1) is 0 Å². The normalized spacial score (nSPS) is 11.5. The van der Waals surface area contributed by atoms with E-state index in [1.165, 1.54) is 104 Å². The molecule has 0 aliphatic heterocycles. The van der Waals surface area contributed by atoms with Crippen LogP contribution in [0.4, 0.5) is 0 Å². The van der Waals surface area contributed by atoms with Crippen LogP contribution in [0.1, 0.15) is 119 Å². The van der Waals surface area contributed by atoms with E-state index in [2.05, 4.69) is 41.5 Å². The Morgan fingerprint density at radius 3 is 0.650 bits per heavy atom. The third kappa shape index (κ3) is 44.9. The first-order chi connectivity index (χ1) is 17.1. The van der Waals surface area contributed by atoms with Crippen LogP contribution in [0.2, 0.25) is 26.6 Å².